The molecule has 2 aliphatic heterocycles. The third-order valence-electron chi connectivity index (χ3n) is 7.57. The van der Waals surface area contributed by atoms with Crippen LogP contribution in [-0.2, 0) is 4.79 Å². The van der Waals surface area contributed by atoms with Crippen LogP contribution in [0, 0.1) is 0 Å². The zero-order valence-electron chi connectivity index (χ0n) is 21.9. The van der Waals surface area contributed by atoms with Crippen LogP contribution < -0.4 is 9.64 Å². The van der Waals surface area contributed by atoms with Crippen LogP contribution in [0.2, 0.25) is 0 Å². The topological polar surface area (TPSA) is 73.3 Å². The smallest absolute Gasteiger partial charge is 0.335 e. The average molecular weight is 494 g/mol. The number of carbonyl (C=O) groups excluding carboxylic acids is 1. The highest BCUT2D eigenvalue weighted by Gasteiger charge is 2.40. The predicted molar refractivity (Wildman–Crippen MR) is 142 cm³/mol. The van der Waals surface area contributed by atoms with Gasteiger partial charge < -0.3 is 24.5 Å². The molecule has 0 radical (unpaired) electrons. The molecular formula is C29H39N3O4. The van der Waals surface area contributed by atoms with Crippen molar-refractivity contribution in [1.29, 1.82) is 0 Å². The highest BCUT2D eigenvalue weighted by molar-refractivity contribution is 5.90. The largest absolute Gasteiger partial charge is 0.490 e. The van der Waals surface area contributed by atoms with Crippen LogP contribution in [0.4, 0.5) is 5.69 Å². The lowest BCUT2D eigenvalue weighted by Crippen LogP contribution is -2.38. The number of amides is 1. The van der Waals surface area contributed by atoms with Crippen molar-refractivity contribution < 1.29 is 19.4 Å². The lowest BCUT2D eigenvalue weighted by molar-refractivity contribution is -0.127. The second kappa shape index (κ2) is 11.3. The summed E-state index contributed by atoms with van der Waals surface area (Å²) >= 11 is 0. The number of anilines is 1. The molecule has 2 atom stereocenters. The number of hydrogen-bond donors (Lipinski definition) is 1. The van der Waals surface area contributed by atoms with Crippen molar-refractivity contribution >= 4 is 17.6 Å². The fourth-order valence-corrected chi connectivity index (χ4v) is 5.44. The first-order valence-electron chi connectivity index (χ1n) is 13.1. The van der Waals surface area contributed by atoms with Crippen LogP contribution in [0.15, 0.2) is 42.5 Å². The Kier molecular flexibility index (Phi) is 8.19. The molecule has 1 saturated heterocycles. The number of likely N-dealkylation sites (tertiary alicyclic amines) is 1. The van der Waals surface area contributed by atoms with Crippen LogP contribution in [-0.4, -0.2) is 73.7 Å². The van der Waals surface area contributed by atoms with Crippen molar-refractivity contribution in [2.75, 3.05) is 45.7 Å². The first kappa shape index (κ1) is 26.0. The lowest BCUT2D eigenvalue weighted by Gasteiger charge is -2.32. The molecule has 2 aliphatic rings. The average Bonchev–Trinajstić information content (AvgIpc) is 3.16. The standard InChI is InChI=1S/C29H39N3O4/c1-5-6-7-25-24-13-10-21(29(34)35)18-26(24)32(19-27(33)30(2)3)28(25)20-8-11-22(12-9-20)36-23-14-16-31(4)17-15-23/h8-13,18,23,25,28H,5-7,14-17,19H2,1-4H3,(H,34,35). The van der Waals surface area contributed by atoms with Crippen molar-refractivity contribution in [3.8, 4) is 5.75 Å². The maximum atomic E-state index is 12.9. The number of unbranched alkanes of at least 4 members (excludes halogenated alkanes) is 1. The van der Waals surface area contributed by atoms with E-state index in [4.69, 9.17) is 4.74 Å². The van der Waals surface area contributed by atoms with Crippen molar-refractivity contribution in [3.05, 3.63) is 59.2 Å². The molecule has 1 N–H and O–H groups in total. The molecular weight excluding hydrogens is 454 g/mol. The Morgan fingerprint density at radius 1 is 1.08 bits per heavy atom. The molecule has 36 heavy (non-hydrogen) atoms. The van der Waals surface area contributed by atoms with E-state index in [1.807, 2.05) is 18.2 Å². The van der Waals surface area contributed by atoms with Gasteiger partial charge >= 0.3 is 5.97 Å². The van der Waals surface area contributed by atoms with Crippen LogP contribution in [0.5, 0.6) is 5.75 Å². The Bertz CT molecular complexity index is 1060. The third kappa shape index (κ3) is 5.67. The summed E-state index contributed by atoms with van der Waals surface area (Å²) in [4.78, 5) is 30.7. The van der Waals surface area contributed by atoms with Gasteiger partial charge in [-0.2, -0.15) is 0 Å². The third-order valence-corrected chi connectivity index (χ3v) is 7.57. The van der Waals surface area contributed by atoms with Crippen LogP contribution in [0.25, 0.3) is 0 Å². The summed E-state index contributed by atoms with van der Waals surface area (Å²) in [6, 6.07) is 13.6. The molecule has 2 aromatic carbocycles. The number of aromatic carboxylic acids is 1. The SMILES string of the molecule is CCCCC1c2ccc(C(=O)O)cc2N(CC(=O)N(C)C)C1c1ccc(OC2CCN(C)CC2)cc1. The van der Waals surface area contributed by atoms with Crippen molar-refractivity contribution in [3.63, 3.8) is 0 Å². The number of carboxylic acids is 1. The molecule has 2 unspecified atom stereocenters. The fourth-order valence-electron chi connectivity index (χ4n) is 5.44. The number of benzene rings is 2. The van der Waals surface area contributed by atoms with Gasteiger partial charge in [0, 0.05) is 38.8 Å². The Hall–Kier alpha value is -3.06. The maximum Gasteiger partial charge on any atom is 0.335 e. The van der Waals surface area contributed by atoms with E-state index in [-0.39, 0.29) is 36.1 Å². The summed E-state index contributed by atoms with van der Waals surface area (Å²) in [5, 5.41) is 9.63. The van der Waals surface area contributed by atoms with Gasteiger partial charge in [0.2, 0.25) is 5.91 Å². The number of ether oxygens (including phenoxy) is 1. The molecule has 1 amide bonds. The summed E-state index contributed by atoms with van der Waals surface area (Å²) in [6.07, 6.45) is 5.41. The Morgan fingerprint density at radius 2 is 1.78 bits per heavy atom. The number of nitrogens with zero attached hydrogens (tertiary/aromatic N) is 3. The number of rotatable bonds is 9. The van der Waals surface area contributed by atoms with Gasteiger partial charge in [-0.3, -0.25) is 4.79 Å². The van der Waals surface area contributed by atoms with Gasteiger partial charge in [0.05, 0.1) is 18.2 Å². The van der Waals surface area contributed by atoms with Crippen LogP contribution in [0.3, 0.4) is 0 Å². The molecule has 0 bridgehead atoms. The zero-order chi connectivity index (χ0) is 25.8. The van der Waals surface area contributed by atoms with Crippen molar-refractivity contribution in [1.82, 2.24) is 9.80 Å². The monoisotopic (exact) mass is 493 g/mol. The minimum absolute atomic E-state index is 0.00922. The van der Waals surface area contributed by atoms with E-state index in [2.05, 4.69) is 35.9 Å². The van der Waals surface area contributed by atoms with Crippen molar-refractivity contribution in [2.45, 2.75) is 57.1 Å². The summed E-state index contributed by atoms with van der Waals surface area (Å²) in [6.45, 7) is 4.48. The van der Waals surface area contributed by atoms with E-state index < -0.39 is 5.97 Å². The molecule has 7 nitrogen and oxygen atoms in total. The van der Waals surface area contributed by atoms with Gasteiger partial charge in [0.1, 0.15) is 11.9 Å². The molecule has 0 spiro atoms. The van der Waals surface area contributed by atoms with Crippen LogP contribution in [0.1, 0.15) is 72.5 Å². The zero-order valence-corrected chi connectivity index (χ0v) is 21.9. The second-order valence-electron chi connectivity index (χ2n) is 10.4. The molecule has 0 saturated carbocycles. The van der Waals surface area contributed by atoms with Gasteiger partial charge in [-0.05, 0) is 61.7 Å². The molecule has 194 valence electrons. The van der Waals surface area contributed by atoms with Gasteiger partial charge in [-0.15, -0.1) is 0 Å². The normalized spacial score (nSPS) is 20.3. The first-order chi connectivity index (χ1) is 17.3. The van der Waals surface area contributed by atoms with E-state index in [0.29, 0.717) is 0 Å². The van der Waals surface area contributed by atoms with E-state index in [0.717, 1.165) is 67.8 Å². The van der Waals surface area contributed by atoms with Gasteiger partial charge in [-0.25, -0.2) is 4.79 Å². The summed E-state index contributed by atoms with van der Waals surface area (Å²) in [5.74, 6) is 0.0853. The van der Waals surface area contributed by atoms with E-state index in [9.17, 15) is 14.7 Å². The Balaban J connectivity index is 1.66. The minimum Gasteiger partial charge on any atom is -0.490 e. The molecule has 2 aromatic rings. The summed E-state index contributed by atoms with van der Waals surface area (Å²) in [5.41, 5.74) is 3.33. The first-order valence-corrected chi connectivity index (χ1v) is 13.1. The molecule has 4 rings (SSSR count). The van der Waals surface area contributed by atoms with E-state index in [1.165, 1.54) is 0 Å². The molecule has 0 aliphatic carbocycles. The van der Waals surface area contributed by atoms with Crippen LogP contribution >= 0.6 is 0 Å². The fraction of sp³-hybridized carbons (Fsp3) is 0.517. The van der Waals surface area contributed by atoms with Gasteiger partial charge in [0.15, 0.2) is 0 Å². The summed E-state index contributed by atoms with van der Waals surface area (Å²) < 4.78 is 6.27. The van der Waals surface area contributed by atoms with Gasteiger partial charge in [0.25, 0.3) is 0 Å². The molecule has 7 heteroatoms. The molecule has 0 aromatic heterocycles. The Morgan fingerprint density at radius 3 is 2.39 bits per heavy atom. The highest BCUT2D eigenvalue weighted by Crippen LogP contribution is 2.51. The predicted octanol–water partition coefficient (Wildman–Crippen LogP) is 4.78. The summed E-state index contributed by atoms with van der Waals surface area (Å²) in [7, 11) is 5.66. The maximum absolute atomic E-state index is 12.9. The number of hydrogen-bond acceptors (Lipinski definition) is 5. The highest BCUT2D eigenvalue weighted by atomic mass is 16.5. The second-order valence-corrected chi connectivity index (χ2v) is 10.4. The quantitative estimate of drug-likeness (QED) is 0.542. The molecule has 2 heterocycles. The molecule has 1 fully saturated rings. The number of fused-ring (bicyclic) bond motifs is 1. The minimum atomic E-state index is -0.958. The Labute approximate surface area is 214 Å². The van der Waals surface area contributed by atoms with E-state index >= 15 is 0 Å². The lowest BCUT2D eigenvalue weighted by atomic mass is 9.86. The number of piperidine rings is 1. The van der Waals surface area contributed by atoms with E-state index in [1.54, 1.807) is 31.1 Å². The number of carbonyl (C=O) groups is 2. The van der Waals surface area contributed by atoms with Gasteiger partial charge in [-0.1, -0.05) is 38.0 Å². The number of carboxylic acid groups (broad SMARTS) is 1. The van der Waals surface area contributed by atoms with Crippen molar-refractivity contribution in [2.24, 2.45) is 0 Å². The number of likely N-dealkylation sites (N-methyl/N-ethyl adjacent to an activating group) is 1.